The second-order valence-electron chi connectivity index (χ2n) is 6.19. The molecule has 9 heteroatoms. The van der Waals surface area contributed by atoms with Crippen molar-refractivity contribution in [1.82, 2.24) is 15.1 Å². The van der Waals surface area contributed by atoms with E-state index >= 15 is 0 Å². The van der Waals surface area contributed by atoms with E-state index in [0.29, 0.717) is 18.7 Å². The summed E-state index contributed by atoms with van der Waals surface area (Å²) in [4.78, 5) is 48.7. The molecule has 0 bridgehead atoms. The van der Waals surface area contributed by atoms with Crippen molar-refractivity contribution in [2.24, 2.45) is 0 Å². The molecule has 1 atom stereocenters. The lowest BCUT2D eigenvalue weighted by Gasteiger charge is -2.33. The number of aromatic amines is 1. The fraction of sp³-hybridized carbons (Fsp3) is 0.278. The number of carbonyl (C=O) groups excluding carboxylic acids is 2. The van der Waals surface area contributed by atoms with Gasteiger partial charge in [0.05, 0.1) is 0 Å². The lowest BCUT2D eigenvalue weighted by Crippen LogP contribution is -2.48. The highest BCUT2D eigenvalue weighted by molar-refractivity contribution is 6.04. The van der Waals surface area contributed by atoms with Gasteiger partial charge in [0, 0.05) is 23.9 Å². The van der Waals surface area contributed by atoms with E-state index in [1.54, 1.807) is 18.2 Å². The van der Waals surface area contributed by atoms with E-state index in [1.807, 2.05) is 0 Å². The van der Waals surface area contributed by atoms with Gasteiger partial charge in [0.15, 0.2) is 0 Å². The summed E-state index contributed by atoms with van der Waals surface area (Å²) >= 11 is 0. The summed E-state index contributed by atoms with van der Waals surface area (Å²) in [5.41, 5.74) is 0.250. The summed E-state index contributed by atoms with van der Waals surface area (Å²) in [5, 5.41) is 17.8. The highest BCUT2D eigenvalue weighted by atomic mass is 16.4. The molecule has 1 saturated heterocycles. The third-order valence-corrected chi connectivity index (χ3v) is 4.33. The molecule has 1 aromatic heterocycles. The Morgan fingerprint density at radius 1 is 1.19 bits per heavy atom. The van der Waals surface area contributed by atoms with Crippen molar-refractivity contribution in [2.75, 3.05) is 11.9 Å². The molecule has 1 fully saturated rings. The number of benzene rings is 1. The number of rotatable bonds is 4. The zero-order chi connectivity index (χ0) is 19.4. The number of piperidine rings is 1. The smallest absolute Gasteiger partial charge is 0.326 e. The molecule has 1 unspecified atom stereocenters. The minimum atomic E-state index is -1.02. The molecular formula is C18H18N4O5. The van der Waals surface area contributed by atoms with Gasteiger partial charge in [0.1, 0.15) is 11.7 Å². The Kier molecular flexibility index (Phi) is 5.30. The van der Waals surface area contributed by atoms with Crippen LogP contribution in [0.1, 0.15) is 40.1 Å². The van der Waals surface area contributed by atoms with Crippen LogP contribution in [0.4, 0.5) is 5.69 Å². The molecule has 1 aromatic carbocycles. The number of hydrogen-bond donors (Lipinski definition) is 3. The summed E-state index contributed by atoms with van der Waals surface area (Å²) in [6.45, 7) is 0.383. The molecule has 2 heterocycles. The molecule has 0 saturated carbocycles. The fourth-order valence-corrected chi connectivity index (χ4v) is 2.99. The normalized spacial score (nSPS) is 16.6. The molecule has 1 aliphatic rings. The molecule has 1 aliphatic heterocycles. The van der Waals surface area contributed by atoms with Gasteiger partial charge in [-0.3, -0.25) is 14.4 Å². The number of nitrogens with one attached hydrogen (secondary N) is 2. The van der Waals surface area contributed by atoms with Gasteiger partial charge in [-0.25, -0.2) is 9.89 Å². The number of likely N-dealkylation sites (tertiary alicyclic amines) is 1. The van der Waals surface area contributed by atoms with E-state index in [-0.39, 0.29) is 17.2 Å². The van der Waals surface area contributed by atoms with Crippen LogP contribution in [0.15, 0.2) is 41.2 Å². The molecule has 3 rings (SSSR count). The van der Waals surface area contributed by atoms with Crippen molar-refractivity contribution < 1.29 is 19.5 Å². The number of H-pyrrole nitrogens is 1. The maximum Gasteiger partial charge on any atom is 0.326 e. The van der Waals surface area contributed by atoms with E-state index < -0.39 is 23.5 Å². The van der Waals surface area contributed by atoms with Gasteiger partial charge in [-0.05, 0) is 43.5 Å². The summed E-state index contributed by atoms with van der Waals surface area (Å²) < 4.78 is 0. The summed E-state index contributed by atoms with van der Waals surface area (Å²) in [6, 6.07) is 7.89. The van der Waals surface area contributed by atoms with Gasteiger partial charge in [-0.1, -0.05) is 6.07 Å². The van der Waals surface area contributed by atoms with Gasteiger partial charge in [0.2, 0.25) is 0 Å². The molecule has 3 N–H and O–H groups in total. The molecule has 27 heavy (non-hydrogen) atoms. The lowest BCUT2D eigenvalue weighted by atomic mass is 10.0. The third kappa shape index (κ3) is 4.20. The van der Waals surface area contributed by atoms with Crippen molar-refractivity contribution in [3.05, 3.63) is 58.0 Å². The van der Waals surface area contributed by atoms with Crippen LogP contribution in [-0.2, 0) is 4.79 Å². The van der Waals surface area contributed by atoms with Crippen LogP contribution >= 0.6 is 0 Å². The van der Waals surface area contributed by atoms with E-state index in [9.17, 15) is 24.3 Å². The summed E-state index contributed by atoms with van der Waals surface area (Å²) in [6.07, 6.45) is 1.95. The minimum Gasteiger partial charge on any atom is -0.480 e. The average molecular weight is 370 g/mol. The van der Waals surface area contributed by atoms with Crippen LogP contribution < -0.4 is 10.9 Å². The van der Waals surface area contributed by atoms with E-state index in [2.05, 4.69) is 15.5 Å². The van der Waals surface area contributed by atoms with Gasteiger partial charge in [-0.15, -0.1) is 0 Å². The largest absolute Gasteiger partial charge is 0.480 e. The first-order valence-corrected chi connectivity index (χ1v) is 8.46. The molecule has 0 spiro atoms. The van der Waals surface area contributed by atoms with Crippen LogP contribution in [0.2, 0.25) is 0 Å². The number of carbonyl (C=O) groups is 3. The number of carboxylic acids is 1. The number of carboxylic acid groups (broad SMARTS) is 1. The van der Waals surface area contributed by atoms with E-state index in [4.69, 9.17) is 0 Å². The molecule has 2 aromatic rings. The molecular weight excluding hydrogens is 352 g/mol. The molecule has 0 aliphatic carbocycles. The molecule has 140 valence electrons. The molecule has 2 amide bonds. The SMILES string of the molecule is O=C(Nc1cccc(C(=O)N2CCCCC2C(=O)O)c1)c1ccc(=O)[nH]n1. The van der Waals surface area contributed by atoms with Crippen LogP contribution in [0, 0.1) is 0 Å². The summed E-state index contributed by atoms with van der Waals surface area (Å²) in [5.74, 6) is -1.95. The topological polar surface area (TPSA) is 132 Å². The Morgan fingerprint density at radius 3 is 2.70 bits per heavy atom. The quantitative estimate of drug-likeness (QED) is 0.738. The lowest BCUT2D eigenvalue weighted by molar-refractivity contribution is -0.143. The van der Waals surface area contributed by atoms with Crippen molar-refractivity contribution >= 4 is 23.5 Å². The minimum absolute atomic E-state index is 0.0216. The number of aliphatic carboxylic acids is 1. The Bertz CT molecular complexity index is 919. The first-order valence-electron chi connectivity index (χ1n) is 8.46. The first-order chi connectivity index (χ1) is 13.0. The number of hydrogen-bond acceptors (Lipinski definition) is 5. The van der Waals surface area contributed by atoms with Crippen molar-refractivity contribution in [2.45, 2.75) is 25.3 Å². The first kappa shape index (κ1) is 18.3. The average Bonchev–Trinajstić information content (AvgIpc) is 2.68. The van der Waals surface area contributed by atoms with Gasteiger partial charge in [-0.2, -0.15) is 5.10 Å². The second kappa shape index (κ2) is 7.81. The predicted octanol–water partition coefficient (Wildman–Crippen LogP) is 1.10. The zero-order valence-electron chi connectivity index (χ0n) is 14.3. The molecule has 9 nitrogen and oxygen atoms in total. The number of aromatic nitrogens is 2. The van der Waals surface area contributed by atoms with Crippen molar-refractivity contribution in [1.29, 1.82) is 0 Å². The van der Waals surface area contributed by atoms with Crippen LogP contribution in [0.3, 0.4) is 0 Å². The van der Waals surface area contributed by atoms with Crippen molar-refractivity contribution in [3.8, 4) is 0 Å². The van der Waals surface area contributed by atoms with Crippen molar-refractivity contribution in [3.63, 3.8) is 0 Å². The highest BCUT2D eigenvalue weighted by Gasteiger charge is 2.32. The van der Waals surface area contributed by atoms with E-state index in [0.717, 1.165) is 12.8 Å². The second-order valence-corrected chi connectivity index (χ2v) is 6.19. The number of nitrogens with zero attached hydrogens (tertiary/aromatic N) is 2. The standard InChI is InChI=1S/C18H18N4O5/c23-15-8-7-13(20-21-15)16(24)19-12-5-3-4-11(10-12)17(25)22-9-2-1-6-14(22)18(26)27/h3-5,7-8,10,14H,1-2,6,9H2,(H,19,24)(H,21,23)(H,26,27). The van der Waals surface area contributed by atoms with Crippen LogP contribution in [0.5, 0.6) is 0 Å². The number of anilines is 1. The highest BCUT2D eigenvalue weighted by Crippen LogP contribution is 2.21. The monoisotopic (exact) mass is 370 g/mol. The zero-order valence-corrected chi connectivity index (χ0v) is 14.3. The van der Waals surface area contributed by atoms with Gasteiger partial charge in [0.25, 0.3) is 17.4 Å². The van der Waals surface area contributed by atoms with Crippen LogP contribution in [-0.4, -0.2) is 50.6 Å². The Morgan fingerprint density at radius 2 is 2.00 bits per heavy atom. The van der Waals surface area contributed by atoms with Crippen LogP contribution in [0.25, 0.3) is 0 Å². The number of amides is 2. The van der Waals surface area contributed by atoms with Gasteiger partial charge < -0.3 is 15.3 Å². The maximum atomic E-state index is 12.8. The Labute approximate surface area is 154 Å². The maximum absolute atomic E-state index is 12.8. The van der Waals surface area contributed by atoms with E-state index in [1.165, 1.54) is 23.1 Å². The third-order valence-electron chi connectivity index (χ3n) is 4.33. The fourth-order valence-electron chi connectivity index (χ4n) is 2.99. The Balaban J connectivity index is 1.77. The molecule has 0 radical (unpaired) electrons. The predicted molar refractivity (Wildman–Crippen MR) is 95.6 cm³/mol. The van der Waals surface area contributed by atoms with Gasteiger partial charge >= 0.3 is 5.97 Å². The Hall–Kier alpha value is -3.49. The summed E-state index contributed by atoms with van der Waals surface area (Å²) in [7, 11) is 0.